The Morgan fingerprint density at radius 2 is 2.05 bits per heavy atom. The highest BCUT2D eigenvalue weighted by atomic mass is 32.2. The minimum absolute atomic E-state index is 0.0766. The van der Waals surface area contributed by atoms with Gasteiger partial charge in [0.1, 0.15) is 5.25 Å². The van der Waals surface area contributed by atoms with E-state index >= 15 is 0 Å². The van der Waals surface area contributed by atoms with Gasteiger partial charge in [-0.1, -0.05) is 29.4 Å². The van der Waals surface area contributed by atoms with E-state index in [1.807, 2.05) is 31.2 Å². The van der Waals surface area contributed by atoms with Crippen LogP contribution in [0, 0.1) is 6.92 Å². The second-order valence-electron chi connectivity index (χ2n) is 4.77. The maximum atomic E-state index is 12.1. The third-order valence-corrected chi connectivity index (χ3v) is 5.30. The first-order valence-corrected chi connectivity index (χ1v) is 8.27. The zero-order valence-electron chi connectivity index (χ0n) is 12.2. The molecule has 0 aliphatic rings. The largest absolute Gasteiger partial charge is 0.384 e. The SMILES string of the molecule is COCCS(=O)(=O)[C@H](C)c1nc(-c2ccccc2C)no1. The molecule has 0 amide bonds. The molecule has 1 aromatic carbocycles. The van der Waals surface area contributed by atoms with Crippen LogP contribution >= 0.6 is 0 Å². The summed E-state index contributed by atoms with van der Waals surface area (Å²) in [5.74, 6) is 0.425. The van der Waals surface area contributed by atoms with Crippen molar-refractivity contribution in [2.24, 2.45) is 0 Å². The van der Waals surface area contributed by atoms with E-state index in [9.17, 15) is 8.42 Å². The lowest BCUT2D eigenvalue weighted by atomic mass is 10.1. The van der Waals surface area contributed by atoms with E-state index in [2.05, 4.69) is 10.1 Å². The number of sulfone groups is 1. The Kier molecular flexibility index (Phi) is 4.74. The molecule has 1 atom stereocenters. The Balaban J connectivity index is 2.26. The normalized spacial score (nSPS) is 13.3. The first-order chi connectivity index (χ1) is 9.95. The summed E-state index contributed by atoms with van der Waals surface area (Å²) >= 11 is 0. The van der Waals surface area contributed by atoms with Gasteiger partial charge in [0.2, 0.25) is 11.7 Å². The molecule has 0 saturated carbocycles. The lowest BCUT2D eigenvalue weighted by Gasteiger charge is -2.07. The summed E-state index contributed by atoms with van der Waals surface area (Å²) < 4.78 is 34.1. The molecule has 1 heterocycles. The van der Waals surface area contributed by atoms with Crippen LogP contribution in [0.25, 0.3) is 11.4 Å². The fraction of sp³-hybridized carbons (Fsp3) is 0.429. The second kappa shape index (κ2) is 6.36. The molecule has 0 radical (unpaired) electrons. The number of rotatable bonds is 6. The minimum Gasteiger partial charge on any atom is -0.384 e. The van der Waals surface area contributed by atoms with Gasteiger partial charge in [0.15, 0.2) is 9.84 Å². The molecule has 0 fully saturated rings. The monoisotopic (exact) mass is 310 g/mol. The van der Waals surface area contributed by atoms with Crippen LogP contribution in [-0.2, 0) is 14.6 Å². The molecule has 2 aromatic rings. The topological polar surface area (TPSA) is 82.3 Å². The van der Waals surface area contributed by atoms with Gasteiger partial charge < -0.3 is 9.26 Å². The lowest BCUT2D eigenvalue weighted by Crippen LogP contribution is -2.17. The van der Waals surface area contributed by atoms with Crippen LogP contribution in [0.1, 0.15) is 23.6 Å². The highest BCUT2D eigenvalue weighted by Gasteiger charge is 2.28. The number of aromatic nitrogens is 2. The van der Waals surface area contributed by atoms with E-state index in [0.29, 0.717) is 5.82 Å². The van der Waals surface area contributed by atoms with E-state index in [1.54, 1.807) is 6.92 Å². The number of nitrogens with zero attached hydrogens (tertiary/aromatic N) is 2. The number of ether oxygens (including phenoxy) is 1. The van der Waals surface area contributed by atoms with Gasteiger partial charge in [-0.15, -0.1) is 0 Å². The van der Waals surface area contributed by atoms with Crippen molar-refractivity contribution < 1.29 is 17.7 Å². The van der Waals surface area contributed by atoms with E-state index in [0.717, 1.165) is 11.1 Å². The Labute approximate surface area is 124 Å². The Morgan fingerprint density at radius 1 is 1.33 bits per heavy atom. The number of benzene rings is 1. The standard InChI is InChI=1S/C14H18N2O4S/c1-10-6-4-5-7-12(10)13-15-14(20-16-13)11(2)21(17,18)9-8-19-3/h4-7,11H,8-9H2,1-3H3/t11-/m1/s1. The highest BCUT2D eigenvalue weighted by molar-refractivity contribution is 7.91. The molecule has 0 aliphatic carbocycles. The zero-order chi connectivity index (χ0) is 15.5. The van der Waals surface area contributed by atoms with Crippen LogP contribution in [0.3, 0.4) is 0 Å². The van der Waals surface area contributed by atoms with Crippen molar-refractivity contribution in [2.75, 3.05) is 19.5 Å². The van der Waals surface area contributed by atoms with Gasteiger partial charge in [0.25, 0.3) is 0 Å². The molecule has 0 N–H and O–H groups in total. The van der Waals surface area contributed by atoms with Gasteiger partial charge >= 0.3 is 0 Å². The molecular formula is C14H18N2O4S. The summed E-state index contributed by atoms with van der Waals surface area (Å²) in [4.78, 5) is 4.22. The van der Waals surface area contributed by atoms with Crippen LogP contribution in [0.15, 0.2) is 28.8 Å². The predicted octanol–water partition coefficient (Wildman–Crippen LogP) is 2.17. The molecule has 0 aliphatic heterocycles. The fourth-order valence-corrected chi connectivity index (χ4v) is 3.02. The summed E-state index contributed by atoms with van der Waals surface area (Å²) in [6.07, 6.45) is 0. The summed E-state index contributed by atoms with van der Waals surface area (Å²) in [5, 5.41) is 3.03. The van der Waals surface area contributed by atoms with Crippen LogP contribution in [-0.4, -0.2) is 38.0 Å². The van der Waals surface area contributed by atoms with Crippen LogP contribution in [0.2, 0.25) is 0 Å². The molecule has 114 valence electrons. The number of methoxy groups -OCH3 is 1. The molecule has 2 rings (SSSR count). The quantitative estimate of drug-likeness (QED) is 0.813. The van der Waals surface area contributed by atoms with Crippen molar-refractivity contribution in [3.8, 4) is 11.4 Å². The van der Waals surface area contributed by atoms with Crippen molar-refractivity contribution in [1.82, 2.24) is 10.1 Å². The van der Waals surface area contributed by atoms with Crippen LogP contribution < -0.4 is 0 Å². The Hall–Kier alpha value is -1.73. The number of aryl methyl sites for hydroxylation is 1. The summed E-state index contributed by atoms with van der Waals surface area (Å²) in [6.45, 7) is 3.62. The summed E-state index contributed by atoms with van der Waals surface area (Å²) in [6, 6.07) is 7.59. The minimum atomic E-state index is -3.38. The van der Waals surface area contributed by atoms with Crippen molar-refractivity contribution in [3.63, 3.8) is 0 Å². The van der Waals surface area contributed by atoms with Gasteiger partial charge in [-0.05, 0) is 19.4 Å². The maximum absolute atomic E-state index is 12.1. The average Bonchev–Trinajstić information content (AvgIpc) is 2.94. The molecule has 1 aromatic heterocycles. The van der Waals surface area contributed by atoms with Crippen molar-refractivity contribution >= 4 is 9.84 Å². The number of hydrogen-bond acceptors (Lipinski definition) is 6. The maximum Gasteiger partial charge on any atom is 0.245 e. The lowest BCUT2D eigenvalue weighted by molar-refractivity contribution is 0.217. The third-order valence-electron chi connectivity index (χ3n) is 3.29. The van der Waals surface area contributed by atoms with Crippen molar-refractivity contribution in [2.45, 2.75) is 19.1 Å². The van der Waals surface area contributed by atoms with Crippen LogP contribution in [0.4, 0.5) is 0 Å². The summed E-state index contributed by atoms with van der Waals surface area (Å²) in [7, 11) is -1.91. The van der Waals surface area contributed by atoms with E-state index in [-0.39, 0.29) is 18.3 Å². The van der Waals surface area contributed by atoms with E-state index < -0.39 is 15.1 Å². The number of hydrogen-bond donors (Lipinski definition) is 0. The molecule has 0 unspecified atom stereocenters. The van der Waals surface area contributed by atoms with Gasteiger partial charge in [-0.3, -0.25) is 0 Å². The summed E-state index contributed by atoms with van der Waals surface area (Å²) in [5.41, 5.74) is 1.83. The molecular weight excluding hydrogens is 292 g/mol. The molecule has 7 heteroatoms. The second-order valence-corrected chi connectivity index (χ2v) is 7.21. The highest BCUT2D eigenvalue weighted by Crippen LogP contribution is 2.25. The molecule has 0 spiro atoms. The van der Waals surface area contributed by atoms with E-state index in [4.69, 9.17) is 9.26 Å². The van der Waals surface area contributed by atoms with Gasteiger partial charge in [-0.2, -0.15) is 4.98 Å². The average molecular weight is 310 g/mol. The van der Waals surface area contributed by atoms with Crippen molar-refractivity contribution in [3.05, 3.63) is 35.7 Å². The molecule has 0 saturated heterocycles. The first-order valence-electron chi connectivity index (χ1n) is 6.56. The van der Waals surface area contributed by atoms with Crippen molar-refractivity contribution in [1.29, 1.82) is 0 Å². The molecule has 0 bridgehead atoms. The Morgan fingerprint density at radius 3 is 2.71 bits per heavy atom. The molecule has 21 heavy (non-hydrogen) atoms. The smallest absolute Gasteiger partial charge is 0.245 e. The van der Waals surface area contributed by atoms with Gasteiger partial charge in [-0.25, -0.2) is 8.42 Å². The Bertz CT molecular complexity index is 709. The third kappa shape index (κ3) is 3.48. The molecule has 6 nitrogen and oxygen atoms in total. The van der Waals surface area contributed by atoms with Gasteiger partial charge in [0.05, 0.1) is 12.4 Å². The zero-order valence-corrected chi connectivity index (χ0v) is 13.1. The van der Waals surface area contributed by atoms with E-state index in [1.165, 1.54) is 7.11 Å². The fourth-order valence-electron chi connectivity index (χ4n) is 1.86. The van der Waals surface area contributed by atoms with Crippen LogP contribution in [0.5, 0.6) is 0 Å². The van der Waals surface area contributed by atoms with Gasteiger partial charge in [0, 0.05) is 12.7 Å². The predicted molar refractivity (Wildman–Crippen MR) is 78.5 cm³/mol. The first kappa shape index (κ1) is 15.7.